The van der Waals surface area contributed by atoms with Gasteiger partial charge in [-0.05, 0) is 38.1 Å². The molecule has 2 aromatic rings. The van der Waals surface area contributed by atoms with Gasteiger partial charge in [-0.25, -0.2) is 4.39 Å². The summed E-state index contributed by atoms with van der Waals surface area (Å²) < 4.78 is 13.4. The van der Waals surface area contributed by atoms with E-state index in [1.807, 2.05) is 19.9 Å². The Hall–Kier alpha value is -2.17. The first-order chi connectivity index (χ1) is 9.51. The van der Waals surface area contributed by atoms with E-state index in [1.165, 1.54) is 12.1 Å². The molecule has 0 aliphatic heterocycles. The number of hydrogen-bond donors (Lipinski definition) is 1. The standard InChI is InChI=1S/C15H18FN3O/c1-4-19(3)15(20)9-17-14-7-10(2)18-13-6-5-11(16)8-12(13)14/h5-8H,4,9H2,1-3H3,(H,17,18). The molecule has 2 rings (SSSR count). The molecule has 5 heteroatoms. The topological polar surface area (TPSA) is 45.2 Å². The van der Waals surface area contributed by atoms with Gasteiger partial charge in [0.25, 0.3) is 0 Å². The Morgan fingerprint density at radius 1 is 1.40 bits per heavy atom. The maximum Gasteiger partial charge on any atom is 0.241 e. The van der Waals surface area contributed by atoms with Gasteiger partial charge in [0.1, 0.15) is 5.82 Å². The van der Waals surface area contributed by atoms with Gasteiger partial charge in [-0.15, -0.1) is 0 Å². The van der Waals surface area contributed by atoms with E-state index in [-0.39, 0.29) is 18.3 Å². The molecule has 0 atom stereocenters. The fourth-order valence-corrected chi connectivity index (χ4v) is 1.96. The van der Waals surface area contributed by atoms with Crippen LogP contribution < -0.4 is 5.32 Å². The van der Waals surface area contributed by atoms with Gasteiger partial charge in [-0.1, -0.05) is 0 Å². The number of aromatic nitrogens is 1. The summed E-state index contributed by atoms with van der Waals surface area (Å²) in [7, 11) is 1.75. The summed E-state index contributed by atoms with van der Waals surface area (Å²) in [5.74, 6) is -0.324. The Morgan fingerprint density at radius 3 is 2.85 bits per heavy atom. The number of rotatable bonds is 4. The maximum absolute atomic E-state index is 13.4. The summed E-state index contributed by atoms with van der Waals surface area (Å²) in [5.41, 5.74) is 2.26. The quantitative estimate of drug-likeness (QED) is 0.932. The Bertz CT molecular complexity index is 642. The van der Waals surface area contributed by atoms with Gasteiger partial charge in [0.2, 0.25) is 5.91 Å². The molecule has 1 heterocycles. The SMILES string of the molecule is CCN(C)C(=O)CNc1cc(C)nc2ccc(F)cc12. The zero-order chi connectivity index (χ0) is 14.7. The smallest absolute Gasteiger partial charge is 0.241 e. The van der Waals surface area contributed by atoms with Crippen LogP contribution in [0.15, 0.2) is 24.3 Å². The summed E-state index contributed by atoms with van der Waals surface area (Å²) in [6.07, 6.45) is 0. The lowest BCUT2D eigenvalue weighted by atomic mass is 10.1. The monoisotopic (exact) mass is 275 g/mol. The van der Waals surface area contributed by atoms with Crippen LogP contribution in [0.1, 0.15) is 12.6 Å². The molecule has 0 unspecified atom stereocenters. The Kier molecular flexibility index (Phi) is 4.17. The molecule has 106 valence electrons. The third-order valence-electron chi connectivity index (χ3n) is 3.23. The van der Waals surface area contributed by atoms with Crippen molar-refractivity contribution in [3.8, 4) is 0 Å². The predicted octanol–water partition coefficient (Wildman–Crippen LogP) is 2.57. The minimum atomic E-state index is -0.316. The van der Waals surface area contributed by atoms with Crippen molar-refractivity contribution in [3.05, 3.63) is 35.8 Å². The highest BCUT2D eigenvalue weighted by Gasteiger charge is 2.09. The second-order valence-corrected chi connectivity index (χ2v) is 4.73. The van der Waals surface area contributed by atoms with E-state index in [2.05, 4.69) is 10.3 Å². The van der Waals surface area contributed by atoms with E-state index in [4.69, 9.17) is 0 Å². The van der Waals surface area contributed by atoms with Crippen molar-refractivity contribution in [3.63, 3.8) is 0 Å². The van der Waals surface area contributed by atoms with Crippen LogP contribution in [0.5, 0.6) is 0 Å². The predicted molar refractivity (Wildman–Crippen MR) is 78.2 cm³/mol. The molecule has 1 aromatic heterocycles. The Balaban J connectivity index is 2.29. The first-order valence-corrected chi connectivity index (χ1v) is 6.56. The molecule has 4 nitrogen and oxygen atoms in total. The number of hydrogen-bond acceptors (Lipinski definition) is 3. The van der Waals surface area contributed by atoms with Crippen LogP contribution >= 0.6 is 0 Å². The second kappa shape index (κ2) is 5.86. The number of nitrogens with zero attached hydrogens (tertiary/aromatic N) is 2. The molecule has 1 amide bonds. The number of amides is 1. The Morgan fingerprint density at radius 2 is 2.15 bits per heavy atom. The average Bonchev–Trinajstić information content (AvgIpc) is 2.44. The second-order valence-electron chi connectivity index (χ2n) is 4.73. The van der Waals surface area contributed by atoms with Crippen molar-refractivity contribution in [2.75, 3.05) is 25.5 Å². The number of pyridine rings is 1. The molecular formula is C15H18FN3O. The van der Waals surface area contributed by atoms with Crippen molar-refractivity contribution >= 4 is 22.5 Å². The van der Waals surface area contributed by atoms with Crippen LogP contribution in [0.2, 0.25) is 0 Å². The molecule has 1 N–H and O–H groups in total. The molecule has 20 heavy (non-hydrogen) atoms. The minimum Gasteiger partial charge on any atom is -0.376 e. The molecule has 0 aliphatic carbocycles. The highest BCUT2D eigenvalue weighted by Crippen LogP contribution is 2.23. The van der Waals surface area contributed by atoms with Crippen molar-refractivity contribution in [2.24, 2.45) is 0 Å². The molecule has 0 fully saturated rings. The normalized spacial score (nSPS) is 10.6. The van der Waals surface area contributed by atoms with E-state index >= 15 is 0 Å². The molecule has 1 aromatic carbocycles. The average molecular weight is 275 g/mol. The zero-order valence-electron chi connectivity index (χ0n) is 11.9. The van der Waals surface area contributed by atoms with Crippen molar-refractivity contribution in [2.45, 2.75) is 13.8 Å². The molecule has 0 radical (unpaired) electrons. The number of carbonyl (C=O) groups excluding carboxylic acids is 1. The molecule has 0 saturated carbocycles. The first-order valence-electron chi connectivity index (χ1n) is 6.56. The number of carbonyl (C=O) groups is 1. The highest BCUT2D eigenvalue weighted by molar-refractivity contribution is 5.93. The third kappa shape index (κ3) is 3.04. The van der Waals surface area contributed by atoms with Crippen LogP contribution in [0.3, 0.4) is 0 Å². The van der Waals surface area contributed by atoms with E-state index in [9.17, 15) is 9.18 Å². The van der Waals surface area contributed by atoms with Gasteiger partial charge >= 0.3 is 0 Å². The van der Waals surface area contributed by atoms with Gasteiger partial charge in [0.15, 0.2) is 0 Å². The third-order valence-corrected chi connectivity index (χ3v) is 3.23. The minimum absolute atomic E-state index is 0.00785. The number of likely N-dealkylation sites (N-methyl/N-ethyl adjacent to an activating group) is 1. The van der Waals surface area contributed by atoms with Crippen LogP contribution in [0.4, 0.5) is 10.1 Å². The van der Waals surface area contributed by atoms with Crippen LogP contribution in [0, 0.1) is 12.7 Å². The number of anilines is 1. The van der Waals surface area contributed by atoms with Crippen molar-refractivity contribution < 1.29 is 9.18 Å². The molecule has 0 bridgehead atoms. The zero-order valence-corrected chi connectivity index (χ0v) is 11.9. The summed E-state index contributed by atoms with van der Waals surface area (Å²) in [4.78, 5) is 17.8. The summed E-state index contributed by atoms with van der Waals surface area (Å²) in [5, 5.41) is 3.76. The van der Waals surface area contributed by atoms with Crippen molar-refractivity contribution in [1.82, 2.24) is 9.88 Å². The number of aryl methyl sites for hydroxylation is 1. The molecule has 0 saturated heterocycles. The fraction of sp³-hybridized carbons (Fsp3) is 0.333. The van der Waals surface area contributed by atoms with Crippen LogP contribution in [-0.2, 0) is 4.79 Å². The van der Waals surface area contributed by atoms with Gasteiger partial charge in [0.05, 0.1) is 12.1 Å². The lowest BCUT2D eigenvalue weighted by Gasteiger charge is -2.16. The fourth-order valence-electron chi connectivity index (χ4n) is 1.96. The highest BCUT2D eigenvalue weighted by atomic mass is 19.1. The molecule has 0 aliphatic rings. The number of benzene rings is 1. The first kappa shape index (κ1) is 14.2. The van der Waals surface area contributed by atoms with E-state index < -0.39 is 0 Å². The van der Waals surface area contributed by atoms with Gasteiger partial charge in [-0.3, -0.25) is 9.78 Å². The summed E-state index contributed by atoms with van der Waals surface area (Å²) >= 11 is 0. The molecule has 0 spiro atoms. The lowest BCUT2D eigenvalue weighted by molar-refractivity contribution is -0.127. The van der Waals surface area contributed by atoms with Gasteiger partial charge in [-0.2, -0.15) is 0 Å². The number of nitrogens with one attached hydrogen (secondary N) is 1. The maximum atomic E-state index is 13.4. The van der Waals surface area contributed by atoms with E-state index in [1.54, 1.807) is 18.0 Å². The van der Waals surface area contributed by atoms with E-state index in [0.29, 0.717) is 17.4 Å². The van der Waals surface area contributed by atoms with Crippen LogP contribution in [-0.4, -0.2) is 35.9 Å². The van der Waals surface area contributed by atoms with Gasteiger partial charge in [0, 0.05) is 30.4 Å². The Labute approximate surface area is 117 Å². The lowest BCUT2D eigenvalue weighted by Crippen LogP contribution is -2.31. The van der Waals surface area contributed by atoms with E-state index in [0.717, 1.165) is 11.4 Å². The van der Waals surface area contributed by atoms with Crippen LogP contribution in [0.25, 0.3) is 10.9 Å². The summed E-state index contributed by atoms with van der Waals surface area (Å²) in [6, 6.07) is 6.27. The number of fused-ring (bicyclic) bond motifs is 1. The number of halogens is 1. The largest absolute Gasteiger partial charge is 0.376 e. The summed E-state index contributed by atoms with van der Waals surface area (Å²) in [6.45, 7) is 4.62. The van der Waals surface area contributed by atoms with Crippen molar-refractivity contribution in [1.29, 1.82) is 0 Å². The van der Waals surface area contributed by atoms with Gasteiger partial charge < -0.3 is 10.2 Å². The molecular weight excluding hydrogens is 257 g/mol.